The number of aryl methyl sites for hydroxylation is 2. The average Bonchev–Trinajstić information content (AvgIpc) is 2.42. The van der Waals surface area contributed by atoms with Crippen molar-refractivity contribution >= 4 is 11.6 Å². The van der Waals surface area contributed by atoms with Crippen LogP contribution in [0.5, 0.6) is 0 Å². The first-order chi connectivity index (χ1) is 9.48. The lowest BCUT2D eigenvalue weighted by Crippen LogP contribution is -3.00. The molecule has 0 unspecified atom stereocenters. The normalized spacial score (nSPS) is 10.9. The molecule has 0 saturated carbocycles. The summed E-state index contributed by atoms with van der Waals surface area (Å²) in [5.41, 5.74) is 3.06. The van der Waals surface area contributed by atoms with Gasteiger partial charge in [0.15, 0.2) is 6.54 Å². The summed E-state index contributed by atoms with van der Waals surface area (Å²) >= 11 is 0. The van der Waals surface area contributed by atoms with Crippen molar-refractivity contribution in [3.8, 4) is 0 Å². The van der Waals surface area contributed by atoms with E-state index in [1.807, 2.05) is 32.0 Å². The minimum absolute atomic E-state index is 0. The number of aliphatic hydroxyl groups excluding tert-OH is 1. The van der Waals surface area contributed by atoms with Gasteiger partial charge in [-0.25, -0.2) is 0 Å². The Morgan fingerprint density at radius 3 is 2.14 bits per heavy atom. The molecule has 0 atom stereocenters. The Morgan fingerprint density at radius 2 is 1.71 bits per heavy atom. The van der Waals surface area contributed by atoms with Crippen molar-refractivity contribution in [2.75, 3.05) is 38.1 Å². The lowest BCUT2D eigenvalue weighted by molar-refractivity contribution is -0.917. The summed E-state index contributed by atoms with van der Waals surface area (Å²) in [7, 11) is 0. The predicted octanol–water partition coefficient (Wildman–Crippen LogP) is -0.905. The molecule has 5 heteroatoms. The summed E-state index contributed by atoms with van der Waals surface area (Å²) in [6.45, 7) is 10.9. The second-order valence-corrected chi connectivity index (χ2v) is 5.39. The smallest absolute Gasteiger partial charge is 0.279 e. The number of para-hydroxylation sites is 1. The third-order valence-corrected chi connectivity index (χ3v) is 4.14. The SMILES string of the molecule is CC[N+](CC)(CCO)CC(=O)Nc1c(C)cccc1C.[Br-]. The van der Waals surface area contributed by atoms with E-state index in [9.17, 15) is 9.90 Å². The van der Waals surface area contributed by atoms with E-state index in [-0.39, 0.29) is 29.5 Å². The topological polar surface area (TPSA) is 49.3 Å². The highest BCUT2D eigenvalue weighted by Crippen LogP contribution is 2.19. The molecule has 0 fully saturated rings. The van der Waals surface area contributed by atoms with Gasteiger partial charge >= 0.3 is 0 Å². The molecular formula is C16H27BrN2O2. The van der Waals surface area contributed by atoms with Crippen molar-refractivity contribution in [3.05, 3.63) is 29.3 Å². The zero-order valence-electron chi connectivity index (χ0n) is 13.4. The summed E-state index contributed by atoms with van der Waals surface area (Å²) in [6.07, 6.45) is 0. The van der Waals surface area contributed by atoms with E-state index < -0.39 is 0 Å². The molecule has 4 nitrogen and oxygen atoms in total. The number of benzene rings is 1. The van der Waals surface area contributed by atoms with Gasteiger partial charge in [-0.3, -0.25) is 4.79 Å². The highest BCUT2D eigenvalue weighted by molar-refractivity contribution is 5.93. The predicted molar refractivity (Wildman–Crippen MR) is 82.7 cm³/mol. The third-order valence-electron chi connectivity index (χ3n) is 4.14. The number of halogens is 1. The molecule has 1 rings (SSSR count). The Bertz CT molecular complexity index is 439. The van der Waals surface area contributed by atoms with Gasteiger partial charge in [0.05, 0.1) is 19.7 Å². The highest BCUT2D eigenvalue weighted by atomic mass is 79.9. The first-order valence-electron chi connectivity index (χ1n) is 7.30. The molecule has 21 heavy (non-hydrogen) atoms. The molecule has 0 bridgehead atoms. The zero-order chi connectivity index (χ0) is 15.2. The lowest BCUT2D eigenvalue weighted by atomic mass is 10.1. The molecule has 1 aromatic carbocycles. The second kappa shape index (κ2) is 9.18. The van der Waals surface area contributed by atoms with Crippen LogP contribution in [0.2, 0.25) is 0 Å². The summed E-state index contributed by atoms with van der Waals surface area (Å²) in [5.74, 6) is 0.0135. The number of amides is 1. The van der Waals surface area contributed by atoms with Crippen LogP contribution in [0.1, 0.15) is 25.0 Å². The lowest BCUT2D eigenvalue weighted by Gasteiger charge is -2.35. The molecule has 0 radical (unpaired) electrons. The number of anilines is 1. The van der Waals surface area contributed by atoms with Crippen LogP contribution in [0.4, 0.5) is 5.69 Å². The van der Waals surface area contributed by atoms with E-state index in [0.29, 0.717) is 17.6 Å². The van der Waals surface area contributed by atoms with Crippen LogP contribution in [-0.2, 0) is 4.79 Å². The average molecular weight is 359 g/mol. The Hall–Kier alpha value is -0.910. The van der Waals surface area contributed by atoms with Crippen molar-refractivity contribution in [1.82, 2.24) is 0 Å². The standard InChI is InChI=1S/C16H26N2O2.BrH/c1-5-18(6-2,10-11-19)12-15(20)17-16-13(3)8-7-9-14(16)4;/h7-9,19H,5-6,10-12H2,1-4H3;1H. The van der Waals surface area contributed by atoms with Crippen LogP contribution in [0.25, 0.3) is 0 Å². The summed E-state index contributed by atoms with van der Waals surface area (Å²) in [5, 5.41) is 12.2. The maximum Gasteiger partial charge on any atom is 0.279 e. The monoisotopic (exact) mass is 358 g/mol. The number of hydrogen-bond acceptors (Lipinski definition) is 2. The number of nitrogens with zero attached hydrogens (tertiary/aromatic N) is 1. The van der Waals surface area contributed by atoms with E-state index in [0.717, 1.165) is 29.9 Å². The van der Waals surface area contributed by atoms with Gasteiger partial charge in [-0.2, -0.15) is 0 Å². The molecule has 0 aromatic heterocycles. The van der Waals surface area contributed by atoms with Crippen LogP contribution < -0.4 is 22.3 Å². The van der Waals surface area contributed by atoms with Crippen molar-refractivity contribution < 1.29 is 31.4 Å². The number of hydrogen-bond donors (Lipinski definition) is 2. The van der Waals surface area contributed by atoms with Crippen molar-refractivity contribution in [1.29, 1.82) is 0 Å². The number of rotatable bonds is 7. The molecule has 0 aliphatic rings. The van der Waals surface area contributed by atoms with E-state index in [1.165, 1.54) is 0 Å². The van der Waals surface area contributed by atoms with Crippen LogP contribution in [0.3, 0.4) is 0 Å². The van der Waals surface area contributed by atoms with Crippen molar-refractivity contribution in [2.24, 2.45) is 0 Å². The number of aliphatic hydroxyl groups is 1. The molecular weight excluding hydrogens is 332 g/mol. The first-order valence-corrected chi connectivity index (χ1v) is 7.30. The quantitative estimate of drug-likeness (QED) is 0.620. The molecule has 0 saturated heterocycles. The van der Waals surface area contributed by atoms with Gasteiger partial charge < -0.3 is 31.9 Å². The summed E-state index contributed by atoms with van der Waals surface area (Å²) < 4.78 is 0.618. The van der Waals surface area contributed by atoms with Crippen molar-refractivity contribution in [3.63, 3.8) is 0 Å². The maximum atomic E-state index is 12.3. The molecule has 0 aliphatic heterocycles. The van der Waals surface area contributed by atoms with Gasteiger partial charge in [0, 0.05) is 5.69 Å². The van der Waals surface area contributed by atoms with Gasteiger partial charge in [-0.15, -0.1) is 0 Å². The Morgan fingerprint density at radius 1 is 1.19 bits per heavy atom. The second-order valence-electron chi connectivity index (χ2n) is 5.39. The molecule has 0 heterocycles. The molecule has 1 aromatic rings. The highest BCUT2D eigenvalue weighted by Gasteiger charge is 2.26. The fourth-order valence-corrected chi connectivity index (χ4v) is 2.55. The number of quaternary nitrogens is 1. The number of carbonyl (C=O) groups is 1. The van der Waals surface area contributed by atoms with Crippen LogP contribution in [0, 0.1) is 13.8 Å². The largest absolute Gasteiger partial charge is 1.00 e. The van der Waals surface area contributed by atoms with Crippen LogP contribution in [-0.4, -0.2) is 48.3 Å². The maximum absolute atomic E-state index is 12.3. The van der Waals surface area contributed by atoms with Crippen molar-refractivity contribution in [2.45, 2.75) is 27.7 Å². The fraction of sp³-hybridized carbons (Fsp3) is 0.562. The molecule has 0 spiro atoms. The molecule has 1 amide bonds. The van der Waals surface area contributed by atoms with Gasteiger partial charge in [-0.05, 0) is 38.8 Å². The third kappa shape index (κ3) is 5.41. The summed E-state index contributed by atoms with van der Waals surface area (Å²) in [6, 6.07) is 5.99. The minimum Gasteiger partial charge on any atom is -1.00 e. The van der Waals surface area contributed by atoms with Gasteiger partial charge in [0.2, 0.25) is 0 Å². The Kier molecular flexibility index (Phi) is 8.78. The van der Waals surface area contributed by atoms with Gasteiger partial charge in [0.1, 0.15) is 6.54 Å². The van der Waals surface area contributed by atoms with E-state index >= 15 is 0 Å². The van der Waals surface area contributed by atoms with Gasteiger partial charge in [-0.1, -0.05) is 18.2 Å². The number of carbonyl (C=O) groups excluding carboxylic acids is 1. The Balaban J connectivity index is 0.00000400. The zero-order valence-corrected chi connectivity index (χ0v) is 15.0. The minimum atomic E-state index is 0. The summed E-state index contributed by atoms with van der Waals surface area (Å²) in [4.78, 5) is 12.3. The van der Waals surface area contributed by atoms with E-state index in [2.05, 4.69) is 19.2 Å². The van der Waals surface area contributed by atoms with E-state index in [4.69, 9.17) is 0 Å². The molecule has 2 N–H and O–H groups in total. The number of nitrogens with one attached hydrogen (secondary N) is 1. The van der Waals surface area contributed by atoms with E-state index in [1.54, 1.807) is 0 Å². The fourth-order valence-electron chi connectivity index (χ4n) is 2.55. The molecule has 0 aliphatic carbocycles. The van der Waals surface area contributed by atoms with Crippen LogP contribution in [0.15, 0.2) is 18.2 Å². The molecule has 120 valence electrons. The Labute approximate surface area is 138 Å². The number of likely N-dealkylation sites (N-methyl/N-ethyl adjacent to an activating group) is 1. The van der Waals surface area contributed by atoms with Gasteiger partial charge in [0.25, 0.3) is 5.91 Å². The first kappa shape index (κ1) is 20.1. The van der Waals surface area contributed by atoms with Crippen LogP contribution >= 0.6 is 0 Å².